The highest BCUT2D eigenvalue weighted by Crippen LogP contribution is 2.35. The molecule has 90 valence electrons. The number of rotatable bonds is 2. The molecule has 2 N–H and O–H groups in total. The Morgan fingerprint density at radius 3 is 2.53 bits per heavy atom. The van der Waals surface area contributed by atoms with Gasteiger partial charge in [-0.3, -0.25) is 0 Å². The van der Waals surface area contributed by atoms with Crippen LogP contribution in [-0.4, -0.2) is 9.36 Å². The van der Waals surface area contributed by atoms with E-state index in [1.807, 2.05) is 0 Å². The van der Waals surface area contributed by atoms with Crippen molar-refractivity contribution in [1.29, 1.82) is 0 Å². The van der Waals surface area contributed by atoms with Gasteiger partial charge in [0.25, 0.3) is 0 Å². The minimum atomic E-state index is -4.50. The van der Waals surface area contributed by atoms with Crippen molar-refractivity contribution in [1.82, 2.24) is 9.36 Å². The first-order chi connectivity index (χ1) is 7.97. The van der Waals surface area contributed by atoms with Gasteiger partial charge < -0.3 is 5.73 Å². The topological polar surface area (TPSA) is 51.8 Å². The van der Waals surface area contributed by atoms with Gasteiger partial charge in [0.05, 0.1) is 0 Å². The third kappa shape index (κ3) is 2.89. The standard InChI is InChI=1S/C9H6F3N3S2/c10-9(11,12)7-14-8(17-15-7)16-6-4-2-1-3-5(6)13/h1-4H,13H2. The summed E-state index contributed by atoms with van der Waals surface area (Å²) in [6, 6.07) is 6.90. The van der Waals surface area contributed by atoms with Crippen molar-refractivity contribution in [3.05, 3.63) is 30.1 Å². The fourth-order valence-electron chi connectivity index (χ4n) is 1.03. The largest absolute Gasteiger partial charge is 0.452 e. The molecule has 0 radical (unpaired) electrons. The predicted molar refractivity (Wildman–Crippen MR) is 59.9 cm³/mol. The van der Waals surface area contributed by atoms with Gasteiger partial charge >= 0.3 is 6.18 Å². The number of benzene rings is 1. The zero-order valence-electron chi connectivity index (χ0n) is 8.23. The molecule has 0 amide bonds. The number of hydrogen-bond donors (Lipinski definition) is 1. The van der Waals surface area contributed by atoms with Crippen LogP contribution in [0.5, 0.6) is 0 Å². The van der Waals surface area contributed by atoms with Crippen LogP contribution in [0.4, 0.5) is 18.9 Å². The monoisotopic (exact) mass is 277 g/mol. The van der Waals surface area contributed by atoms with E-state index in [9.17, 15) is 13.2 Å². The lowest BCUT2D eigenvalue weighted by Crippen LogP contribution is -2.06. The molecule has 1 aromatic heterocycles. The lowest BCUT2D eigenvalue weighted by Gasteiger charge is -2.01. The van der Waals surface area contributed by atoms with Crippen LogP contribution >= 0.6 is 23.3 Å². The Balaban J connectivity index is 2.21. The number of nitrogens with two attached hydrogens (primary N) is 1. The molecule has 0 aliphatic heterocycles. The zero-order chi connectivity index (χ0) is 12.5. The van der Waals surface area contributed by atoms with E-state index in [-0.39, 0.29) is 4.34 Å². The first-order valence-electron chi connectivity index (χ1n) is 4.40. The summed E-state index contributed by atoms with van der Waals surface area (Å²) in [5, 5.41) is 0. The maximum atomic E-state index is 12.3. The summed E-state index contributed by atoms with van der Waals surface area (Å²) in [5.41, 5.74) is 6.18. The van der Waals surface area contributed by atoms with Gasteiger partial charge in [0.1, 0.15) is 0 Å². The van der Waals surface area contributed by atoms with Crippen molar-refractivity contribution in [2.45, 2.75) is 15.4 Å². The van der Waals surface area contributed by atoms with Crippen LogP contribution in [0.3, 0.4) is 0 Å². The summed E-state index contributed by atoms with van der Waals surface area (Å²) < 4.78 is 40.3. The highest BCUT2D eigenvalue weighted by molar-refractivity contribution is 8.01. The van der Waals surface area contributed by atoms with E-state index in [4.69, 9.17) is 5.73 Å². The second kappa shape index (κ2) is 4.53. The van der Waals surface area contributed by atoms with E-state index < -0.39 is 12.0 Å². The average molecular weight is 277 g/mol. The lowest BCUT2D eigenvalue weighted by atomic mass is 10.3. The fourth-order valence-corrected chi connectivity index (χ4v) is 2.65. The Labute approximate surface area is 103 Å². The maximum Gasteiger partial charge on any atom is 0.452 e. The molecule has 0 atom stereocenters. The molecule has 0 fully saturated rings. The molecule has 0 aliphatic rings. The first kappa shape index (κ1) is 12.2. The van der Waals surface area contributed by atoms with Crippen LogP contribution in [0, 0.1) is 0 Å². The van der Waals surface area contributed by atoms with Crippen LogP contribution in [0.15, 0.2) is 33.5 Å². The van der Waals surface area contributed by atoms with E-state index in [1.54, 1.807) is 24.3 Å². The van der Waals surface area contributed by atoms with Crippen molar-refractivity contribution in [3.8, 4) is 0 Å². The molecule has 0 bridgehead atoms. The molecule has 2 aromatic rings. The molecule has 0 saturated heterocycles. The number of alkyl halides is 3. The Hall–Kier alpha value is -1.28. The Morgan fingerprint density at radius 1 is 1.24 bits per heavy atom. The van der Waals surface area contributed by atoms with Crippen molar-refractivity contribution in [3.63, 3.8) is 0 Å². The Bertz CT molecular complexity index is 524. The van der Waals surface area contributed by atoms with Gasteiger partial charge in [-0.15, -0.1) is 0 Å². The van der Waals surface area contributed by atoms with Gasteiger partial charge in [0.2, 0.25) is 5.82 Å². The highest BCUT2D eigenvalue weighted by Gasteiger charge is 2.36. The van der Waals surface area contributed by atoms with Crippen LogP contribution < -0.4 is 5.73 Å². The van der Waals surface area contributed by atoms with E-state index in [0.29, 0.717) is 22.1 Å². The highest BCUT2D eigenvalue weighted by atomic mass is 32.2. The van der Waals surface area contributed by atoms with Crippen LogP contribution in [0.2, 0.25) is 0 Å². The number of hydrogen-bond acceptors (Lipinski definition) is 5. The second-order valence-electron chi connectivity index (χ2n) is 3.02. The molecule has 3 nitrogen and oxygen atoms in total. The first-order valence-corrected chi connectivity index (χ1v) is 5.99. The van der Waals surface area contributed by atoms with Crippen molar-refractivity contribution in [2.24, 2.45) is 0 Å². The molecule has 8 heteroatoms. The van der Waals surface area contributed by atoms with Crippen molar-refractivity contribution < 1.29 is 13.2 Å². The molecule has 2 rings (SSSR count). The minimum Gasteiger partial charge on any atom is -0.398 e. The number of aromatic nitrogens is 2. The molecular formula is C9H6F3N3S2. The van der Waals surface area contributed by atoms with E-state index in [0.717, 1.165) is 11.8 Å². The normalized spacial score (nSPS) is 11.7. The summed E-state index contributed by atoms with van der Waals surface area (Å²) in [4.78, 5) is 4.07. The average Bonchev–Trinajstić information content (AvgIpc) is 2.69. The summed E-state index contributed by atoms with van der Waals surface area (Å²) in [7, 11) is 0. The number of anilines is 1. The van der Waals surface area contributed by atoms with E-state index >= 15 is 0 Å². The van der Waals surface area contributed by atoms with E-state index in [2.05, 4.69) is 9.36 Å². The molecule has 1 heterocycles. The van der Waals surface area contributed by atoms with Crippen LogP contribution in [-0.2, 0) is 6.18 Å². The minimum absolute atomic E-state index is 0.218. The summed E-state index contributed by atoms with van der Waals surface area (Å²) in [5.74, 6) is -1.11. The molecule has 0 unspecified atom stereocenters. The molecular weight excluding hydrogens is 271 g/mol. The molecule has 0 aliphatic carbocycles. The van der Waals surface area contributed by atoms with Gasteiger partial charge in [0, 0.05) is 10.6 Å². The Kier molecular flexibility index (Phi) is 3.25. The predicted octanol–water partition coefficient (Wildman–Crippen LogP) is 3.29. The number of halogens is 3. The van der Waals surface area contributed by atoms with Gasteiger partial charge in [-0.2, -0.15) is 17.5 Å². The quantitative estimate of drug-likeness (QED) is 0.856. The Morgan fingerprint density at radius 2 is 1.94 bits per heavy atom. The van der Waals surface area contributed by atoms with Crippen LogP contribution in [0.1, 0.15) is 5.82 Å². The SMILES string of the molecule is Nc1ccccc1Sc1nc(C(F)(F)F)ns1. The summed E-state index contributed by atoms with van der Waals surface area (Å²) >= 11 is 1.78. The number of nitrogens with zero attached hydrogens (tertiary/aromatic N) is 2. The molecule has 0 spiro atoms. The third-order valence-electron chi connectivity index (χ3n) is 1.78. The molecule has 1 aromatic carbocycles. The molecule has 17 heavy (non-hydrogen) atoms. The van der Waals surface area contributed by atoms with Crippen molar-refractivity contribution in [2.75, 3.05) is 5.73 Å². The number of para-hydroxylation sites is 1. The fraction of sp³-hybridized carbons (Fsp3) is 0.111. The summed E-state index contributed by atoms with van der Waals surface area (Å²) in [6.45, 7) is 0. The second-order valence-corrected chi connectivity index (χ2v) is 5.06. The maximum absolute atomic E-state index is 12.3. The van der Waals surface area contributed by atoms with Gasteiger partial charge in [-0.1, -0.05) is 23.9 Å². The van der Waals surface area contributed by atoms with Gasteiger partial charge in [-0.25, -0.2) is 4.98 Å². The smallest absolute Gasteiger partial charge is 0.398 e. The van der Waals surface area contributed by atoms with E-state index in [1.165, 1.54) is 0 Å². The van der Waals surface area contributed by atoms with Crippen molar-refractivity contribution >= 4 is 29.0 Å². The van der Waals surface area contributed by atoms with Crippen LogP contribution in [0.25, 0.3) is 0 Å². The summed E-state index contributed by atoms with van der Waals surface area (Å²) in [6.07, 6.45) is -4.50. The zero-order valence-corrected chi connectivity index (χ0v) is 9.86. The third-order valence-corrected chi connectivity index (χ3v) is 3.62. The molecule has 0 saturated carbocycles. The number of nitrogen functional groups attached to an aromatic ring is 1. The lowest BCUT2D eigenvalue weighted by molar-refractivity contribution is -0.144. The van der Waals surface area contributed by atoms with Gasteiger partial charge in [0.15, 0.2) is 4.34 Å². The van der Waals surface area contributed by atoms with Gasteiger partial charge in [-0.05, 0) is 23.7 Å².